The van der Waals surface area contributed by atoms with Crippen molar-refractivity contribution in [2.45, 2.75) is 19.6 Å². The van der Waals surface area contributed by atoms with E-state index in [1.54, 1.807) is 17.6 Å². The number of hydrogen-bond acceptors (Lipinski definition) is 4. The third kappa shape index (κ3) is 2.15. The van der Waals surface area contributed by atoms with E-state index < -0.39 is 5.91 Å². The molecule has 3 N–H and O–H groups in total. The third-order valence-electron chi connectivity index (χ3n) is 2.51. The highest BCUT2D eigenvalue weighted by Crippen LogP contribution is 2.23. The molecule has 0 aromatic heterocycles. The Bertz CT molecular complexity index is 406. The summed E-state index contributed by atoms with van der Waals surface area (Å²) >= 11 is 0. The lowest BCUT2D eigenvalue weighted by Gasteiger charge is -2.12. The number of benzene rings is 1. The van der Waals surface area contributed by atoms with Crippen molar-refractivity contribution in [2.75, 3.05) is 6.54 Å². The molecule has 1 amide bonds. The van der Waals surface area contributed by atoms with Gasteiger partial charge in [0, 0.05) is 24.2 Å². The summed E-state index contributed by atoms with van der Waals surface area (Å²) in [6, 6.07) is 5.13. The van der Waals surface area contributed by atoms with Crippen LogP contribution in [0.2, 0.25) is 0 Å². The maximum absolute atomic E-state index is 11.2. The molecule has 16 heavy (non-hydrogen) atoms. The monoisotopic (exact) mass is 222 g/mol. The molecule has 0 saturated heterocycles. The summed E-state index contributed by atoms with van der Waals surface area (Å²) in [7, 11) is 0. The first-order valence-corrected chi connectivity index (χ1v) is 5.15. The van der Waals surface area contributed by atoms with Gasteiger partial charge in [0.1, 0.15) is 11.9 Å². The summed E-state index contributed by atoms with van der Waals surface area (Å²) < 4.78 is 5.67. The molecule has 1 aliphatic heterocycles. The van der Waals surface area contributed by atoms with E-state index in [0.717, 1.165) is 18.7 Å². The van der Waals surface area contributed by atoms with Crippen LogP contribution in [0, 0.1) is 0 Å². The maximum Gasteiger partial charge on any atom is 0.274 e. The van der Waals surface area contributed by atoms with Crippen molar-refractivity contribution >= 4 is 5.91 Å². The number of hydroxylamine groups is 1. The highest BCUT2D eigenvalue weighted by atomic mass is 16.5. The predicted octanol–water partition coefficient (Wildman–Crippen LogP) is 0.676. The molecule has 0 spiro atoms. The first-order valence-electron chi connectivity index (χ1n) is 5.15. The first kappa shape index (κ1) is 10.9. The Balaban J connectivity index is 2.33. The average molecular weight is 222 g/mol. The second-order valence-electron chi connectivity index (χ2n) is 3.82. The number of carbonyl (C=O) groups excluding carboxylic acids is 1. The SMILES string of the molecule is C[C@@H]1CNCc2ccc(C(=O)NO)cc2O1. The Labute approximate surface area is 93.4 Å². The normalized spacial score (nSPS) is 19.2. The van der Waals surface area contributed by atoms with E-state index >= 15 is 0 Å². The standard InChI is InChI=1S/C11H14N2O3/c1-7-5-12-6-9-3-2-8(11(14)13-15)4-10(9)16-7/h2-4,7,12,15H,5-6H2,1H3,(H,13,14)/t7-/m1/s1. The van der Waals surface area contributed by atoms with Gasteiger partial charge >= 0.3 is 0 Å². The summed E-state index contributed by atoms with van der Waals surface area (Å²) in [5, 5.41) is 11.8. The second kappa shape index (κ2) is 4.51. The number of ether oxygens (including phenoxy) is 1. The molecule has 5 nitrogen and oxygen atoms in total. The number of rotatable bonds is 1. The van der Waals surface area contributed by atoms with Crippen molar-refractivity contribution in [2.24, 2.45) is 0 Å². The van der Waals surface area contributed by atoms with Crippen LogP contribution < -0.4 is 15.5 Å². The first-order chi connectivity index (χ1) is 7.70. The predicted molar refractivity (Wildman–Crippen MR) is 57.5 cm³/mol. The van der Waals surface area contributed by atoms with Gasteiger partial charge < -0.3 is 10.1 Å². The van der Waals surface area contributed by atoms with E-state index in [1.165, 1.54) is 0 Å². The van der Waals surface area contributed by atoms with Gasteiger partial charge in [-0.2, -0.15) is 0 Å². The molecule has 1 heterocycles. The smallest absolute Gasteiger partial charge is 0.274 e. The van der Waals surface area contributed by atoms with Crippen LogP contribution in [0.1, 0.15) is 22.8 Å². The molecule has 0 aliphatic carbocycles. The van der Waals surface area contributed by atoms with Crippen LogP contribution in [0.3, 0.4) is 0 Å². The van der Waals surface area contributed by atoms with Crippen LogP contribution in [0.5, 0.6) is 5.75 Å². The van der Waals surface area contributed by atoms with Crippen LogP contribution in [-0.4, -0.2) is 23.8 Å². The fraction of sp³-hybridized carbons (Fsp3) is 0.364. The number of fused-ring (bicyclic) bond motifs is 1. The van der Waals surface area contributed by atoms with E-state index in [1.807, 2.05) is 13.0 Å². The van der Waals surface area contributed by atoms with E-state index in [0.29, 0.717) is 11.3 Å². The molecule has 0 saturated carbocycles. The van der Waals surface area contributed by atoms with Gasteiger partial charge in [-0.3, -0.25) is 10.0 Å². The molecule has 1 aliphatic rings. The minimum atomic E-state index is -0.531. The van der Waals surface area contributed by atoms with Gasteiger partial charge in [0.2, 0.25) is 0 Å². The minimum absolute atomic E-state index is 0.0636. The lowest BCUT2D eigenvalue weighted by Crippen LogP contribution is -2.25. The van der Waals surface area contributed by atoms with Gasteiger partial charge in [-0.1, -0.05) is 6.07 Å². The summed E-state index contributed by atoms with van der Waals surface area (Å²) in [6.45, 7) is 3.46. The fourth-order valence-corrected chi connectivity index (χ4v) is 1.68. The van der Waals surface area contributed by atoms with Gasteiger partial charge in [0.15, 0.2) is 0 Å². The molecule has 1 aromatic rings. The zero-order valence-electron chi connectivity index (χ0n) is 8.99. The number of hydrogen-bond donors (Lipinski definition) is 3. The fourth-order valence-electron chi connectivity index (χ4n) is 1.68. The van der Waals surface area contributed by atoms with Gasteiger partial charge in [0.25, 0.3) is 5.91 Å². The van der Waals surface area contributed by atoms with Crippen LogP contribution in [0.25, 0.3) is 0 Å². The Kier molecular flexibility index (Phi) is 3.07. The Morgan fingerprint density at radius 3 is 3.19 bits per heavy atom. The zero-order chi connectivity index (χ0) is 11.5. The van der Waals surface area contributed by atoms with Crippen molar-refractivity contribution in [3.05, 3.63) is 29.3 Å². The topological polar surface area (TPSA) is 70.6 Å². The highest BCUT2D eigenvalue weighted by molar-refractivity contribution is 5.93. The molecule has 0 fully saturated rings. The van der Waals surface area contributed by atoms with E-state index in [2.05, 4.69) is 5.32 Å². The van der Waals surface area contributed by atoms with Crippen LogP contribution >= 0.6 is 0 Å². The second-order valence-corrected chi connectivity index (χ2v) is 3.82. The van der Waals surface area contributed by atoms with E-state index in [-0.39, 0.29) is 6.10 Å². The summed E-state index contributed by atoms with van der Waals surface area (Å²) in [4.78, 5) is 11.2. The van der Waals surface area contributed by atoms with Gasteiger partial charge in [-0.15, -0.1) is 0 Å². The van der Waals surface area contributed by atoms with Gasteiger partial charge in [-0.05, 0) is 19.1 Å². The maximum atomic E-state index is 11.2. The summed E-state index contributed by atoms with van der Waals surface area (Å²) in [5.74, 6) is 0.162. The molecule has 5 heteroatoms. The van der Waals surface area contributed by atoms with Crippen molar-refractivity contribution in [3.8, 4) is 5.75 Å². The molecule has 0 radical (unpaired) electrons. The van der Waals surface area contributed by atoms with Gasteiger partial charge in [0.05, 0.1) is 0 Å². The van der Waals surface area contributed by atoms with Crippen LogP contribution in [0.4, 0.5) is 0 Å². The summed E-state index contributed by atoms with van der Waals surface area (Å²) in [5.41, 5.74) is 3.00. The molecule has 86 valence electrons. The Morgan fingerprint density at radius 1 is 1.62 bits per heavy atom. The number of nitrogens with one attached hydrogen (secondary N) is 2. The highest BCUT2D eigenvalue weighted by Gasteiger charge is 2.15. The molecular weight excluding hydrogens is 208 g/mol. The molecule has 1 aromatic carbocycles. The third-order valence-corrected chi connectivity index (χ3v) is 2.51. The minimum Gasteiger partial charge on any atom is -0.489 e. The number of amides is 1. The summed E-state index contributed by atoms with van der Waals surface area (Å²) in [6.07, 6.45) is 0.0636. The Morgan fingerprint density at radius 2 is 2.44 bits per heavy atom. The molecule has 1 atom stereocenters. The van der Waals surface area contributed by atoms with Gasteiger partial charge in [-0.25, -0.2) is 5.48 Å². The molecule has 0 unspecified atom stereocenters. The Hall–Kier alpha value is -1.59. The van der Waals surface area contributed by atoms with Crippen molar-refractivity contribution in [1.82, 2.24) is 10.8 Å². The largest absolute Gasteiger partial charge is 0.489 e. The van der Waals surface area contributed by atoms with Crippen LogP contribution in [-0.2, 0) is 6.54 Å². The zero-order valence-corrected chi connectivity index (χ0v) is 8.99. The molecule has 0 bridgehead atoms. The molecule has 2 rings (SSSR count). The average Bonchev–Trinajstić information content (AvgIpc) is 2.47. The van der Waals surface area contributed by atoms with Crippen molar-refractivity contribution in [3.63, 3.8) is 0 Å². The quantitative estimate of drug-likeness (QED) is 0.482. The van der Waals surface area contributed by atoms with Crippen molar-refractivity contribution < 1.29 is 14.7 Å². The number of carbonyl (C=O) groups is 1. The van der Waals surface area contributed by atoms with Crippen LogP contribution in [0.15, 0.2) is 18.2 Å². The lowest BCUT2D eigenvalue weighted by molar-refractivity contribution is 0.0705. The molecular formula is C11H14N2O3. The van der Waals surface area contributed by atoms with E-state index in [4.69, 9.17) is 9.94 Å². The lowest BCUT2D eigenvalue weighted by atomic mass is 10.1. The van der Waals surface area contributed by atoms with Crippen molar-refractivity contribution in [1.29, 1.82) is 0 Å². The van der Waals surface area contributed by atoms with E-state index in [9.17, 15) is 4.79 Å².